The van der Waals surface area contributed by atoms with Gasteiger partial charge in [0.05, 0.1) is 17.9 Å². The van der Waals surface area contributed by atoms with Gasteiger partial charge in [-0.15, -0.1) is 0 Å². The van der Waals surface area contributed by atoms with Gasteiger partial charge in [0.25, 0.3) is 10.0 Å². The first-order valence-electron chi connectivity index (χ1n) is 7.86. The molecule has 1 heterocycles. The molecule has 3 rings (SSSR count). The van der Waals surface area contributed by atoms with E-state index in [2.05, 4.69) is 10.0 Å². The third kappa shape index (κ3) is 3.07. The molecule has 1 amide bonds. The first kappa shape index (κ1) is 17.3. The minimum atomic E-state index is -3.75. The van der Waals surface area contributed by atoms with Gasteiger partial charge in [-0.1, -0.05) is 0 Å². The third-order valence-electron chi connectivity index (χ3n) is 4.40. The molecule has 1 atom stereocenters. The highest BCUT2D eigenvalue weighted by Crippen LogP contribution is 2.35. The molecule has 0 bridgehead atoms. The van der Waals surface area contributed by atoms with Gasteiger partial charge in [-0.05, 0) is 67.8 Å². The van der Waals surface area contributed by atoms with Crippen molar-refractivity contribution in [3.8, 4) is 5.75 Å². The third-order valence-corrected chi connectivity index (χ3v) is 5.93. The van der Waals surface area contributed by atoms with Gasteiger partial charge in [-0.2, -0.15) is 0 Å². The summed E-state index contributed by atoms with van der Waals surface area (Å²) < 4.78 is 33.4. The second-order valence-corrected chi connectivity index (χ2v) is 7.86. The van der Waals surface area contributed by atoms with Crippen LogP contribution in [-0.2, 0) is 14.8 Å². The summed E-state index contributed by atoms with van der Waals surface area (Å²) in [7, 11) is -2.20. The van der Waals surface area contributed by atoms with E-state index < -0.39 is 10.0 Å². The predicted molar refractivity (Wildman–Crippen MR) is 96.8 cm³/mol. The number of carbonyl (C=O) groups excluding carboxylic acids is 1. The number of nitrogens with one attached hydrogen (secondary N) is 2. The Hall–Kier alpha value is -2.54. The molecule has 0 saturated carbocycles. The highest BCUT2D eigenvalue weighted by atomic mass is 32.2. The molecule has 132 valence electrons. The molecule has 2 N–H and O–H groups in total. The first-order chi connectivity index (χ1) is 11.7. The molecule has 0 saturated heterocycles. The average molecular weight is 360 g/mol. The maximum atomic E-state index is 12.8. The zero-order chi connectivity index (χ0) is 18.4. The van der Waals surface area contributed by atoms with Crippen molar-refractivity contribution < 1.29 is 17.9 Å². The molecule has 2 aromatic carbocycles. The molecule has 2 aromatic rings. The number of anilines is 2. The largest absolute Gasteiger partial charge is 0.496 e. The molecule has 0 aromatic heterocycles. The van der Waals surface area contributed by atoms with Gasteiger partial charge in [-0.25, -0.2) is 8.42 Å². The van der Waals surface area contributed by atoms with Crippen molar-refractivity contribution in [2.45, 2.75) is 31.6 Å². The van der Waals surface area contributed by atoms with Crippen LogP contribution in [0.5, 0.6) is 5.75 Å². The van der Waals surface area contributed by atoms with E-state index >= 15 is 0 Å². The number of sulfonamides is 1. The van der Waals surface area contributed by atoms with Crippen LogP contribution >= 0.6 is 0 Å². The van der Waals surface area contributed by atoms with Crippen LogP contribution in [0, 0.1) is 13.8 Å². The van der Waals surface area contributed by atoms with Crippen molar-refractivity contribution in [1.82, 2.24) is 0 Å². The summed E-state index contributed by atoms with van der Waals surface area (Å²) in [6.45, 7) is 5.31. The maximum absolute atomic E-state index is 12.8. The van der Waals surface area contributed by atoms with Crippen LogP contribution < -0.4 is 14.8 Å². The van der Waals surface area contributed by atoms with E-state index in [0.717, 1.165) is 16.8 Å². The monoisotopic (exact) mass is 360 g/mol. The number of hydrogen-bond acceptors (Lipinski definition) is 4. The van der Waals surface area contributed by atoms with E-state index in [9.17, 15) is 13.2 Å². The van der Waals surface area contributed by atoms with Gasteiger partial charge in [0.1, 0.15) is 5.75 Å². The molecular formula is C18H20N2O4S. The maximum Gasteiger partial charge on any atom is 0.262 e. The fourth-order valence-corrected chi connectivity index (χ4v) is 4.33. The van der Waals surface area contributed by atoms with Gasteiger partial charge in [0.2, 0.25) is 5.91 Å². The molecule has 1 unspecified atom stereocenters. The number of rotatable bonds is 4. The number of ether oxygens (including phenoxy) is 1. The topological polar surface area (TPSA) is 84.5 Å². The first-order valence-corrected chi connectivity index (χ1v) is 9.34. The normalized spacial score (nSPS) is 16.3. The number of methoxy groups -OCH3 is 1. The standard InChI is InChI=1S/C18H20N2O4S/c1-10-8-17(11(2)7-16(10)24-4)25(22,23)20-13-5-6-15-14(9-13)12(3)18(21)19-15/h5-9,12,20H,1-4H3,(H,19,21). The van der Waals surface area contributed by atoms with Gasteiger partial charge < -0.3 is 10.1 Å². The summed E-state index contributed by atoms with van der Waals surface area (Å²) in [5.74, 6) is 0.258. The van der Waals surface area contributed by atoms with Crippen LogP contribution in [0.15, 0.2) is 35.2 Å². The van der Waals surface area contributed by atoms with Gasteiger partial charge >= 0.3 is 0 Å². The fourth-order valence-electron chi connectivity index (χ4n) is 2.96. The second-order valence-electron chi connectivity index (χ2n) is 6.21. The minimum Gasteiger partial charge on any atom is -0.496 e. The zero-order valence-electron chi connectivity index (χ0n) is 14.5. The minimum absolute atomic E-state index is 0.0865. The summed E-state index contributed by atoms with van der Waals surface area (Å²) in [5.41, 5.74) is 3.27. The van der Waals surface area contributed by atoms with E-state index in [0.29, 0.717) is 17.0 Å². The predicted octanol–water partition coefficient (Wildman–Crippen LogP) is 3.17. The van der Waals surface area contributed by atoms with E-state index in [-0.39, 0.29) is 16.7 Å². The number of hydrogen-bond donors (Lipinski definition) is 2. The molecule has 0 fully saturated rings. The lowest BCUT2D eigenvalue weighted by molar-refractivity contribution is -0.116. The Kier molecular flexibility index (Phi) is 4.20. The van der Waals surface area contributed by atoms with Crippen molar-refractivity contribution in [2.75, 3.05) is 17.1 Å². The van der Waals surface area contributed by atoms with E-state index in [1.165, 1.54) is 0 Å². The van der Waals surface area contributed by atoms with E-state index in [1.807, 2.05) is 0 Å². The van der Waals surface area contributed by atoms with Crippen LogP contribution in [0.4, 0.5) is 11.4 Å². The van der Waals surface area contributed by atoms with Crippen LogP contribution in [0.25, 0.3) is 0 Å². The van der Waals surface area contributed by atoms with Gasteiger partial charge in [-0.3, -0.25) is 9.52 Å². The Morgan fingerprint density at radius 1 is 1.12 bits per heavy atom. The summed E-state index contributed by atoms with van der Waals surface area (Å²) in [6.07, 6.45) is 0. The van der Waals surface area contributed by atoms with Crippen molar-refractivity contribution >= 4 is 27.3 Å². The van der Waals surface area contributed by atoms with Gasteiger partial charge in [0.15, 0.2) is 0 Å². The summed E-state index contributed by atoms with van der Waals surface area (Å²) >= 11 is 0. The molecular weight excluding hydrogens is 340 g/mol. The Balaban J connectivity index is 1.96. The van der Waals surface area contributed by atoms with E-state index in [4.69, 9.17) is 4.74 Å². The molecule has 0 radical (unpaired) electrons. The summed E-state index contributed by atoms with van der Waals surface area (Å²) in [6, 6.07) is 8.34. The molecule has 7 heteroatoms. The number of carbonyl (C=O) groups is 1. The smallest absolute Gasteiger partial charge is 0.262 e. The molecule has 1 aliphatic heterocycles. The summed E-state index contributed by atoms with van der Waals surface area (Å²) in [4.78, 5) is 11.9. The Bertz CT molecular complexity index is 967. The quantitative estimate of drug-likeness (QED) is 0.877. The molecule has 0 spiro atoms. The molecule has 0 aliphatic carbocycles. The molecule has 25 heavy (non-hydrogen) atoms. The van der Waals surface area contributed by atoms with Crippen molar-refractivity contribution in [3.05, 3.63) is 47.0 Å². The lowest BCUT2D eigenvalue weighted by Crippen LogP contribution is -2.15. The second kappa shape index (κ2) is 6.07. The lowest BCUT2D eigenvalue weighted by Gasteiger charge is -2.14. The SMILES string of the molecule is COc1cc(C)c(S(=O)(=O)Nc2ccc3c(c2)C(C)C(=O)N3)cc1C. The Morgan fingerprint density at radius 2 is 1.84 bits per heavy atom. The van der Waals surface area contributed by atoms with Crippen LogP contribution in [0.2, 0.25) is 0 Å². The Labute approximate surface area is 147 Å². The van der Waals surface area contributed by atoms with Crippen molar-refractivity contribution in [1.29, 1.82) is 0 Å². The van der Waals surface area contributed by atoms with E-state index in [1.54, 1.807) is 58.2 Å². The van der Waals surface area contributed by atoms with Crippen LogP contribution in [-0.4, -0.2) is 21.4 Å². The zero-order valence-corrected chi connectivity index (χ0v) is 15.3. The molecule has 6 nitrogen and oxygen atoms in total. The summed E-state index contributed by atoms with van der Waals surface area (Å²) in [5, 5.41) is 2.77. The Morgan fingerprint density at radius 3 is 2.52 bits per heavy atom. The highest BCUT2D eigenvalue weighted by Gasteiger charge is 2.27. The van der Waals surface area contributed by atoms with Crippen molar-refractivity contribution in [2.24, 2.45) is 0 Å². The average Bonchev–Trinajstić information content (AvgIpc) is 2.83. The van der Waals surface area contributed by atoms with Crippen molar-refractivity contribution in [3.63, 3.8) is 0 Å². The number of amides is 1. The lowest BCUT2D eigenvalue weighted by atomic mass is 10.0. The van der Waals surface area contributed by atoms with Gasteiger partial charge in [0, 0.05) is 11.4 Å². The van der Waals surface area contributed by atoms with Crippen LogP contribution in [0.3, 0.4) is 0 Å². The molecule has 1 aliphatic rings. The van der Waals surface area contributed by atoms with Crippen LogP contribution in [0.1, 0.15) is 29.5 Å². The highest BCUT2D eigenvalue weighted by molar-refractivity contribution is 7.92. The fraction of sp³-hybridized carbons (Fsp3) is 0.278. The number of aryl methyl sites for hydroxylation is 2. The number of fused-ring (bicyclic) bond motifs is 1. The number of benzene rings is 2.